The zero-order valence-corrected chi connectivity index (χ0v) is 15.4. The first-order chi connectivity index (χ1) is 12.6. The molecule has 7 heteroatoms. The minimum Gasteiger partial charge on any atom is -0.368 e. The van der Waals surface area contributed by atoms with Crippen molar-refractivity contribution in [3.63, 3.8) is 0 Å². The van der Waals surface area contributed by atoms with Crippen LogP contribution in [-0.2, 0) is 19.6 Å². The summed E-state index contributed by atoms with van der Waals surface area (Å²) in [4.78, 5) is 16.1. The molecule has 26 heavy (non-hydrogen) atoms. The van der Waals surface area contributed by atoms with Gasteiger partial charge in [0.15, 0.2) is 11.5 Å². The second kappa shape index (κ2) is 6.49. The molecule has 2 N–H and O–H groups in total. The largest absolute Gasteiger partial charge is 0.368 e. The monoisotopic (exact) mass is 349 g/mol. The first kappa shape index (κ1) is 16.7. The van der Waals surface area contributed by atoms with Crippen molar-refractivity contribution in [2.45, 2.75) is 46.8 Å². The summed E-state index contributed by atoms with van der Waals surface area (Å²) >= 11 is 0. The summed E-state index contributed by atoms with van der Waals surface area (Å²) in [6.07, 6.45) is 4.88. The molecule has 0 aromatic carbocycles. The van der Waals surface area contributed by atoms with Crippen LogP contribution in [0.25, 0.3) is 17.3 Å². The molecule has 0 unspecified atom stereocenters. The van der Waals surface area contributed by atoms with Gasteiger partial charge in [-0.15, -0.1) is 5.10 Å². The van der Waals surface area contributed by atoms with Crippen molar-refractivity contribution in [2.24, 2.45) is 0 Å². The standard InChI is InChI=1S/C19H23N7/c1-4-6-14-17(12(2)3)23-19(20)26-18(14)22-16(24-26)11-25-9-13-7-5-8-21-15(13)10-25/h5-8H,4,9-11H2,1-3H3,(H2,20,23). The molecule has 4 heterocycles. The van der Waals surface area contributed by atoms with Gasteiger partial charge < -0.3 is 5.73 Å². The molecule has 0 spiro atoms. The Morgan fingerprint density at radius 3 is 2.85 bits per heavy atom. The number of nitrogens with two attached hydrogens (primary N) is 1. The Hall–Kier alpha value is -2.80. The maximum atomic E-state index is 6.15. The van der Waals surface area contributed by atoms with Gasteiger partial charge >= 0.3 is 0 Å². The van der Waals surface area contributed by atoms with Crippen LogP contribution in [0.5, 0.6) is 0 Å². The van der Waals surface area contributed by atoms with E-state index >= 15 is 0 Å². The third-order valence-corrected chi connectivity index (χ3v) is 4.59. The van der Waals surface area contributed by atoms with E-state index in [4.69, 9.17) is 10.7 Å². The molecule has 0 fully saturated rings. The number of anilines is 1. The van der Waals surface area contributed by atoms with Gasteiger partial charge in [-0.1, -0.05) is 19.1 Å². The van der Waals surface area contributed by atoms with Gasteiger partial charge in [-0.25, -0.2) is 9.97 Å². The topological polar surface area (TPSA) is 85.2 Å². The molecule has 1 aliphatic rings. The average Bonchev–Trinajstić information content (AvgIpc) is 3.21. The maximum Gasteiger partial charge on any atom is 0.223 e. The lowest BCUT2D eigenvalue weighted by Gasteiger charge is -2.10. The highest BCUT2D eigenvalue weighted by Crippen LogP contribution is 2.21. The smallest absolute Gasteiger partial charge is 0.223 e. The highest BCUT2D eigenvalue weighted by Gasteiger charge is 2.21. The molecule has 0 bridgehead atoms. The maximum absolute atomic E-state index is 6.15. The number of nitrogens with zero attached hydrogens (tertiary/aromatic N) is 6. The summed E-state index contributed by atoms with van der Waals surface area (Å²) in [5, 5.41) is 6.51. The fourth-order valence-electron chi connectivity index (χ4n) is 3.44. The number of nitrogen functional groups attached to an aromatic ring is 1. The highest BCUT2D eigenvalue weighted by atomic mass is 15.4. The number of aromatic nitrogens is 5. The normalized spacial score (nSPS) is 15.0. The molecule has 0 saturated heterocycles. The molecular weight excluding hydrogens is 326 g/mol. The lowest BCUT2D eigenvalue weighted by Crippen LogP contribution is -2.34. The summed E-state index contributed by atoms with van der Waals surface area (Å²) in [5.74, 6) is 1.12. The average molecular weight is 349 g/mol. The van der Waals surface area contributed by atoms with Gasteiger partial charge in [0, 0.05) is 24.5 Å². The SMILES string of the molecule is CCC=c1c(=C(C)C)nc(N)n2nc(CN3Cc4cccnc4C3)nc12. The van der Waals surface area contributed by atoms with Gasteiger partial charge in [0.05, 0.1) is 17.6 Å². The lowest BCUT2D eigenvalue weighted by molar-refractivity contribution is 0.267. The molecule has 134 valence electrons. The number of hydrogen-bond acceptors (Lipinski definition) is 6. The van der Waals surface area contributed by atoms with E-state index < -0.39 is 0 Å². The van der Waals surface area contributed by atoms with Crippen molar-refractivity contribution in [2.75, 3.05) is 5.73 Å². The molecule has 3 aromatic rings. The van der Waals surface area contributed by atoms with Crippen molar-refractivity contribution in [3.05, 3.63) is 46.0 Å². The number of pyridine rings is 1. The Morgan fingerprint density at radius 1 is 1.27 bits per heavy atom. The van der Waals surface area contributed by atoms with Crippen LogP contribution in [0.15, 0.2) is 18.3 Å². The van der Waals surface area contributed by atoms with E-state index in [0.29, 0.717) is 12.5 Å². The highest BCUT2D eigenvalue weighted by molar-refractivity contribution is 5.52. The van der Waals surface area contributed by atoms with Gasteiger partial charge in [0.25, 0.3) is 0 Å². The van der Waals surface area contributed by atoms with Crippen LogP contribution in [0, 0.1) is 0 Å². The summed E-state index contributed by atoms with van der Waals surface area (Å²) < 4.78 is 1.66. The van der Waals surface area contributed by atoms with Crippen molar-refractivity contribution in [3.8, 4) is 0 Å². The van der Waals surface area contributed by atoms with Crippen molar-refractivity contribution in [1.82, 2.24) is 29.5 Å². The van der Waals surface area contributed by atoms with Crippen LogP contribution < -0.4 is 16.3 Å². The predicted molar refractivity (Wildman–Crippen MR) is 101 cm³/mol. The zero-order valence-electron chi connectivity index (χ0n) is 15.4. The van der Waals surface area contributed by atoms with E-state index in [0.717, 1.165) is 52.8 Å². The van der Waals surface area contributed by atoms with Crippen LogP contribution in [0.1, 0.15) is 44.3 Å². The molecule has 0 aliphatic carbocycles. The zero-order chi connectivity index (χ0) is 18.3. The van der Waals surface area contributed by atoms with E-state index in [9.17, 15) is 0 Å². The number of fused-ring (bicyclic) bond motifs is 2. The van der Waals surface area contributed by atoms with Crippen LogP contribution in [0.4, 0.5) is 5.95 Å². The van der Waals surface area contributed by atoms with Gasteiger partial charge in [-0.3, -0.25) is 9.88 Å². The number of hydrogen-bond donors (Lipinski definition) is 1. The van der Waals surface area contributed by atoms with Gasteiger partial charge in [0.2, 0.25) is 5.95 Å². The minimum atomic E-state index is 0.370. The second-order valence-corrected chi connectivity index (χ2v) is 6.86. The Morgan fingerprint density at radius 2 is 2.12 bits per heavy atom. The molecule has 0 saturated carbocycles. The van der Waals surface area contributed by atoms with E-state index in [2.05, 4.69) is 39.0 Å². The van der Waals surface area contributed by atoms with E-state index in [1.54, 1.807) is 4.52 Å². The van der Waals surface area contributed by atoms with Crippen molar-refractivity contribution >= 4 is 23.2 Å². The van der Waals surface area contributed by atoms with E-state index in [1.807, 2.05) is 26.1 Å². The van der Waals surface area contributed by atoms with Gasteiger partial charge in [0.1, 0.15) is 0 Å². The predicted octanol–water partition coefficient (Wildman–Crippen LogP) is 0.998. The van der Waals surface area contributed by atoms with Gasteiger partial charge in [-0.2, -0.15) is 4.52 Å². The Labute approximate surface area is 151 Å². The first-order valence-corrected chi connectivity index (χ1v) is 8.90. The summed E-state index contributed by atoms with van der Waals surface area (Å²) in [7, 11) is 0. The Kier molecular flexibility index (Phi) is 4.16. The van der Waals surface area contributed by atoms with E-state index in [-0.39, 0.29) is 0 Å². The summed E-state index contributed by atoms with van der Waals surface area (Å²) in [6, 6.07) is 4.11. The second-order valence-electron chi connectivity index (χ2n) is 6.86. The minimum absolute atomic E-state index is 0.370. The molecule has 0 atom stereocenters. The molecule has 0 amide bonds. The summed E-state index contributed by atoms with van der Waals surface area (Å²) in [6.45, 7) is 8.53. The van der Waals surface area contributed by atoms with Gasteiger partial charge in [-0.05, 0) is 37.5 Å². The third kappa shape index (κ3) is 2.84. The molecule has 4 rings (SSSR count). The molecule has 0 radical (unpaired) electrons. The van der Waals surface area contributed by atoms with Crippen LogP contribution >= 0.6 is 0 Å². The van der Waals surface area contributed by atoms with Crippen LogP contribution in [0.3, 0.4) is 0 Å². The van der Waals surface area contributed by atoms with Crippen molar-refractivity contribution < 1.29 is 0 Å². The quantitative estimate of drug-likeness (QED) is 0.759. The third-order valence-electron chi connectivity index (χ3n) is 4.59. The fourth-order valence-corrected chi connectivity index (χ4v) is 3.44. The van der Waals surface area contributed by atoms with Crippen LogP contribution in [0.2, 0.25) is 0 Å². The van der Waals surface area contributed by atoms with E-state index in [1.165, 1.54) is 5.56 Å². The number of rotatable bonds is 3. The molecule has 1 aliphatic heterocycles. The Balaban J connectivity index is 1.75. The fraction of sp³-hybridized carbons (Fsp3) is 0.368. The Bertz CT molecular complexity index is 1070. The molecular formula is C19H23N7. The van der Waals surface area contributed by atoms with Crippen molar-refractivity contribution in [1.29, 1.82) is 0 Å². The summed E-state index contributed by atoms with van der Waals surface area (Å²) in [5.41, 5.74) is 10.5. The molecule has 7 nitrogen and oxygen atoms in total. The molecule has 3 aromatic heterocycles. The first-order valence-electron chi connectivity index (χ1n) is 8.90. The van der Waals surface area contributed by atoms with Crippen LogP contribution in [-0.4, -0.2) is 29.5 Å². The lowest BCUT2D eigenvalue weighted by atomic mass is 10.2.